The number of sulfonamides is 1. The van der Waals surface area contributed by atoms with Gasteiger partial charge >= 0.3 is 0 Å². The van der Waals surface area contributed by atoms with E-state index < -0.39 is 21.8 Å². The summed E-state index contributed by atoms with van der Waals surface area (Å²) in [6, 6.07) is 16.1. The van der Waals surface area contributed by atoms with Crippen LogP contribution in [0.4, 0.5) is 11.4 Å². The summed E-state index contributed by atoms with van der Waals surface area (Å²) in [4.78, 5) is 25.4. The molecule has 0 fully saturated rings. The Hall–Kier alpha value is -2.97. The van der Waals surface area contributed by atoms with Crippen LogP contribution < -0.4 is 9.62 Å². The predicted molar refractivity (Wildman–Crippen MR) is 118 cm³/mol. The Morgan fingerprint density at radius 1 is 0.967 bits per heavy atom. The van der Waals surface area contributed by atoms with E-state index in [1.807, 2.05) is 32.0 Å². The molecule has 0 saturated heterocycles. The third kappa shape index (κ3) is 3.32. The number of nitrogens with zero attached hydrogens (tertiary/aromatic N) is 1. The second kappa shape index (κ2) is 7.37. The molecule has 0 atom stereocenters. The van der Waals surface area contributed by atoms with E-state index in [1.54, 1.807) is 24.3 Å². The van der Waals surface area contributed by atoms with E-state index in [4.69, 9.17) is 0 Å². The highest BCUT2D eigenvalue weighted by molar-refractivity contribution is 9.10. The van der Waals surface area contributed by atoms with Gasteiger partial charge in [0.25, 0.3) is 21.8 Å². The summed E-state index contributed by atoms with van der Waals surface area (Å²) in [5, 5.41) is 2.84. The normalized spacial score (nSPS) is 14.5. The van der Waals surface area contributed by atoms with Crippen molar-refractivity contribution in [1.82, 2.24) is 0 Å². The summed E-state index contributed by atoms with van der Waals surface area (Å²) in [6.07, 6.45) is 0. The van der Waals surface area contributed by atoms with E-state index in [-0.39, 0.29) is 21.7 Å². The molecule has 0 aliphatic carbocycles. The summed E-state index contributed by atoms with van der Waals surface area (Å²) >= 11 is 3.29. The first-order valence-electron chi connectivity index (χ1n) is 9.07. The van der Waals surface area contributed by atoms with Crippen LogP contribution in [0, 0.1) is 13.8 Å². The maximum atomic E-state index is 13.1. The number of benzene rings is 3. The van der Waals surface area contributed by atoms with Crippen LogP contribution in [0.3, 0.4) is 0 Å². The van der Waals surface area contributed by atoms with Crippen molar-refractivity contribution in [2.24, 2.45) is 0 Å². The molecule has 8 heteroatoms. The van der Waals surface area contributed by atoms with Crippen molar-refractivity contribution in [3.05, 3.63) is 87.4 Å². The molecule has 0 bridgehead atoms. The Morgan fingerprint density at radius 3 is 2.23 bits per heavy atom. The molecule has 30 heavy (non-hydrogen) atoms. The van der Waals surface area contributed by atoms with Crippen molar-refractivity contribution >= 4 is 49.1 Å². The molecule has 3 aromatic carbocycles. The molecule has 0 unspecified atom stereocenters. The van der Waals surface area contributed by atoms with E-state index in [9.17, 15) is 18.0 Å². The average Bonchev–Trinajstić information content (AvgIpc) is 2.91. The van der Waals surface area contributed by atoms with Crippen molar-refractivity contribution in [3.63, 3.8) is 0 Å². The number of hydrogen-bond acceptors (Lipinski definition) is 4. The van der Waals surface area contributed by atoms with Gasteiger partial charge in [-0.2, -0.15) is 4.31 Å². The van der Waals surface area contributed by atoms with Crippen LogP contribution in [0.2, 0.25) is 0 Å². The largest absolute Gasteiger partial charge is 0.322 e. The number of halogens is 1. The second-order valence-electron chi connectivity index (χ2n) is 6.98. The maximum Gasteiger partial charge on any atom is 0.273 e. The number of amides is 2. The molecule has 152 valence electrons. The van der Waals surface area contributed by atoms with E-state index in [0.717, 1.165) is 19.9 Å². The van der Waals surface area contributed by atoms with Crippen LogP contribution in [0.15, 0.2) is 70.0 Å². The summed E-state index contributed by atoms with van der Waals surface area (Å²) in [6.45, 7) is 3.76. The smallest absolute Gasteiger partial charge is 0.273 e. The van der Waals surface area contributed by atoms with Crippen LogP contribution in [-0.2, 0) is 10.0 Å². The van der Waals surface area contributed by atoms with Crippen molar-refractivity contribution in [2.75, 3.05) is 9.62 Å². The Balaban J connectivity index is 1.72. The Kier molecular flexibility index (Phi) is 4.99. The summed E-state index contributed by atoms with van der Waals surface area (Å²) in [5.74, 6) is -1.09. The number of fused-ring (bicyclic) bond motifs is 1. The first-order valence-corrected chi connectivity index (χ1v) is 11.3. The first-order chi connectivity index (χ1) is 14.2. The Bertz CT molecular complexity index is 1280. The van der Waals surface area contributed by atoms with Gasteiger partial charge in [0.05, 0.1) is 11.3 Å². The van der Waals surface area contributed by atoms with Gasteiger partial charge in [-0.1, -0.05) is 34.1 Å². The number of carbonyl (C=O) groups is 2. The highest BCUT2D eigenvalue weighted by Crippen LogP contribution is 2.35. The zero-order valence-corrected chi connectivity index (χ0v) is 18.5. The third-order valence-electron chi connectivity index (χ3n) is 4.96. The van der Waals surface area contributed by atoms with Crippen LogP contribution in [0.5, 0.6) is 0 Å². The van der Waals surface area contributed by atoms with Crippen molar-refractivity contribution < 1.29 is 18.0 Å². The minimum Gasteiger partial charge on any atom is -0.322 e. The average molecular weight is 485 g/mol. The van der Waals surface area contributed by atoms with Crippen molar-refractivity contribution in [2.45, 2.75) is 18.7 Å². The van der Waals surface area contributed by atoms with Gasteiger partial charge in [0.15, 0.2) is 0 Å². The fraction of sp³-hybridized carbons (Fsp3) is 0.0909. The number of nitrogens with one attached hydrogen (secondary N) is 1. The molecule has 6 nitrogen and oxygen atoms in total. The van der Waals surface area contributed by atoms with E-state index in [2.05, 4.69) is 21.2 Å². The molecule has 1 N–H and O–H groups in total. The van der Waals surface area contributed by atoms with E-state index >= 15 is 0 Å². The highest BCUT2D eigenvalue weighted by atomic mass is 79.9. The van der Waals surface area contributed by atoms with Crippen molar-refractivity contribution in [1.29, 1.82) is 0 Å². The molecule has 0 aromatic heterocycles. The lowest BCUT2D eigenvalue weighted by atomic mass is 10.1. The number of aryl methyl sites for hydroxylation is 2. The Morgan fingerprint density at radius 2 is 1.60 bits per heavy atom. The molecule has 1 aliphatic rings. The van der Waals surface area contributed by atoms with Gasteiger partial charge in [0.1, 0.15) is 4.90 Å². The predicted octanol–water partition coefficient (Wildman–Crippen LogP) is 4.67. The SMILES string of the molecule is Cc1cccc(C)c1NC(=O)c1ccc2c(c1)S(=O)(=O)N(c1ccc(Br)cc1)C2=O. The van der Waals surface area contributed by atoms with E-state index in [1.165, 1.54) is 18.2 Å². The minimum absolute atomic E-state index is 0.0431. The maximum absolute atomic E-state index is 13.1. The first kappa shape index (κ1) is 20.3. The topological polar surface area (TPSA) is 83.6 Å². The van der Waals surface area contributed by atoms with Gasteiger partial charge in [-0.05, 0) is 67.4 Å². The second-order valence-corrected chi connectivity index (χ2v) is 9.65. The zero-order valence-electron chi connectivity index (χ0n) is 16.1. The molecular weight excluding hydrogens is 468 g/mol. The van der Waals surface area contributed by atoms with Gasteiger partial charge in [0, 0.05) is 15.7 Å². The standard InChI is InChI=1S/C22H17BrN2O4S/c1-13-4-3-5-14(2)20(13)24-21(26)15-6-11-18-19(12-15)30(28,29)25(22(18)27)17-9-7-16(23)8-10-17/h3-12H,1-2H3,(H,24,26). The minimum atomic E-state index is -4.12. The zero-order chi connectivity index (χ0) is 21.6. The molecule has 3 aromatic rings. The van der Waals surface area contributed by atoms with Crippen LogP contribution in [-0.4, -0.2) is 20.2 Å². The van der Waals surface area contributed by atoms with Gasteiger partial charge < -0.3 is 5.32 Å². The number of anilines is 2. The number of rotatable bonds is 3. The lowest BCUT2D eigenvalue weighted by Gasteiger charge is -2.15. The van der Waals surface area contributed by atoms with E-state index in [0.29, 0.717) is 5.69 Å². The van der Waals surface area contributed by atoms with Crippen molar-refractivity contribution in [3.8, 4) is 0 Å². The summed E-state index contributed by atoms with van der Waals surface area (Å²) in [7, 11) is -4.12. The molecule has 1 heterocycles. The van der Waals surface area contributed by atoms with Crippen LogP contribution in [0.1, 0.15) is 31.8 Å². The molecule has 0 spiro atoms. The fourth-order valence-electron chi connectivity index (χ4n) is 3.40. The molecular formula is C22H17BrN2O4S. The Labute approximate surface area is 182 Å². The number of carbonyl (C=O) groups excluding carboxylic acids is 2. The fourth-order valence-corrected chi connectivity index (χ4v) is 5.29. The molecule has 2 amide bonds. The molecule has 0 saturated carbocycles. The lowest BCUT2D eigenvalue weighted by molar-refractivity contribution is 0.100. The van der Waals surface area contributed by atoms with Crippen LogP contribution in [0.25, 0.3) is 0 Å². The monoisotopic (exact) mass is 484 g/mol. The molecule has 4 rings (SSSR count). The van der Waals surface area contributed by atoms with Crippen LogP contribution >= 0.6 is 15.9 Å². The summed E-state index contributed by atoms with van der Waals surface area (Å²) in [5.41, 5.74) is 2.91. The number of para-hydroxylation sites is 1. The third-order valence-corrected chi connectivity index (χ3v) is 7.24. The van der Waals surface area contributed by atoms with Gasteiger partial charge in [0.2, 0.25) is 0 Å². The lowest BCUT2D eigenvalue weighted by Crippen LogP contribution is -2.29. The number of hydrogen-bond donors (Lipinski definition) is 1. The quantitative estimate of drug-likeness (QED) is 0.585. The summed E-state index contributed by atoms with van der Waals surface area (Å²) < 4.78 is 27.7. The molecule has 1 aliphatic heterocycles. The molecule has 0 radical (unpaired) electrons. The highest BCUT2D eigenvalue weighted by Gasteiger charge is 2.42. The van der Waals surface area contributed by atoms with Gasteiger partial charge in [-0.3, -0.25) is 9.59 Å². The van der Waals surface area contributed by atoms with Gasteiger partial charge in [-0.15, -0.1) is 0 Å². The van der Waals surface area contributed by atoms with Gasteiger partial charge in [-0.25, -0.2) is 8.42 Å².